The summed E-state index contributed by atoms with van der Waals surface area (Å²) in [7, 11) is 1.61. The molecule has 3 rings (SSSR count). The predicted molar refractivity (Wildman–Crippen MR) is 117 cm³/mol. The minimum absolute atomic E-state index is 0.318. The van der Waals surface area contributed by atoms with Gasteiger partial charge in [-0.2, -0.15) is 0 Å². The number of methoxy groups -OCH3 is 2. The van der Waals surface area contributed by atoms with Crippen molar-refractivity contribution in [3.05, 3.63) is 83.1 Å². The van der Waals surface area contributed by atoms with E-state index in [1.54, 1.807) is 0 Å². The van der Waals surface area contributed by atoms with E-state index in [9.17, 15) is 9.00 Å². The molecule has 0 aliphatic carbocycles. The SMILES string of the molecule is CO/C=C(/C(=O)OC)c1cccc2ccc(S(=O)Cc3cc(C)ccc3C)cc12. The summed E-state index contributed by atoms with van der Waals surface area (Å²) in [5.74, 6) is -0.0415. The molecule has 0 aliphatic heterocycles. The molecule has 29 heavy (non-hydrogen) atoms. The van der Waals surface area contributed by atoms with Crippen LogP contribution < -0.4 is 0 Å². The van der Waals surface area contributed by atoms with Crippen molar-refractivity contribution in [3.63, 3.8) is 0 Å². The van der Waals surface area contributed by atoms with E-state index < -0.39 is 16.8 Å². The fraction of sp³-hybridized carbons (Fsp3) is 0.208. The summed E-state index contributed by atoms with van der Waals surface area (Å²) >= 11 is 0. The molecule has 0 heterocycles. The fourth-order valence-corrected chi connectivity index (χ4v) is 4.49. The minimum Gasteiger partial charge on any atom is -0.503 e. The number of hydrogen-bond donors (Lipinski definition) is 0. The zero-order valence-corrected chi connectivity index (χ0v) is 17.8. The van der Waals surface area contributed by atoms with Crippen LogP contribution >= 0.6 is 0 Å². The standard InChI is InChI=1S/C24H24O4S/c1-16-8-9-17(2)19(12-16)15-29(26)20-11-10-18-6-5-7-21(22(18)13-20)23(14-27-3)24(25)28-4/h5-14H,15H2,1-4H3/b23-14+. The normalized spacial score (nSPS) is 12.6. The summed E-state index contributed by atoms with van der Waals surface area (Å²) in [5, 5.41) is 1.77. The van der Waals surface area contributed by atoms with E-state index in [1.165, 1.54) is 20.5 Å². The third kappa shape index (κ3) is 4.57. The monoisotopic (exact) mass is 408 g/mol. The Bertz CT molecular complexity index is 1120. The summed E-state index contributed by atoms with van der Waals surface area (Å²) in [6.45, 7) is 4.06. The van der Waals surface area contributed by atoms with Crippen LogP contribution in [0.4, 0.5) is 0 Å². The first-order valence-electron chi connectivity index (χ1n) is 9.23. The van der Waals surface area contributed by atoms with E-state index in [1.807, 2.05) is 50.2 Å². The molecule has 0 fully saturated rings. The molecule has 4 nitrogen and oxygen atoms in total. The van der Waals surface area contributed by atoms with Crippen LogP contribution in [0.2, 0.25) is 0 Å². The second kappa shape index (κ2) is 9.05. The van der Waals surface area contributed by atoms with Crippen molar-refractivity contribution >= 4 is 33.1 Å². The average molecular weight is 409 g/mol. The quantitative estimate of drug-likeness (QED) is 0.330. The molecule has 5 heteroatoms. The van der Waals surface area contributed by atoms with Crippen molar-refractivity contribution in [3.8, 4) is 0 Å². The molecule has 3 aromatic rings. The third-order valence-electron chi connectivity index (χ3n) is 4.84. The van der Waals surface area contributed by atoms with E-state index in [-0.39, 0.29) is 0 Å². The Hall–Kier alpha value is -2.92. The lowest BCUT2D eigenvalue weighted by Gasteiger charge is -2.12. The molecule has 1 atom stereocenters. The van der Waals surface area contributed by atoms with Gasteiger partial charge in [-0.25, -0.2) is 4.79 Å². The van der Waals surface area contributed by atoms with Crippen LogP contribution in [-0.4, -0.2) is 24.4 Å². The zero-order chi connectivity index (χ0) is 21.0. The van der Waals surface area contributed by atoms with Gasteiger partial charge in [0.1, 0.15) is 5.57 Å². The first-order chi connectivity index (χ1) is 13.9. The van der Waals surface area contributed by atoms with Gasteiger partial charge in [0.05, 0.1) is 37.0 Å². The number of benzene rings is 3. The summed E-state index contributed by atoms with van der Waals surface area (Å²) in [6.07, 6.45) is 1.38. The second-order valence-corrected chi connectivity index (χ2v) is 8.32. The topological polar surface area (TPSA) is 52.6 Å². The maximum atomic E-state index is 13.1. The van der Waals surface area contributed by atoms with Gasteiger partial charge in [-0.15, -0.1) is 0 Å². The molecule has 0 saturated carbocycles. The van der Waals surface area contributed by atoms with E-state index in [0.717, 1.165) is 27.5 Å². The molecule has 0 aromatic heterocycles. The fourth-order valence-electron chi connectivity index (χ4n) is 3.26. The number of rotatable bonds is 6. The van der Waals surface area contributed by atoms with Gasteiger partial charge in [-0.1, -0.05) is 48.0 Å². The van der Waals surface area contributed by atoms with Crippen molar-refractivity contribution in [1.82, 2.24) is 0 Å². The summed E-state index contributed by atoms with van der Waals surface area (Å²) in [6, 6.07) is 17.5. The largest absolute Gasteiger partial charge is 0.503 e. The Labute approximate surface area is 173 Å². The highest BCUT2D eigenvalue weighted by Crippen LogP contribution is 2.29. The molecular formula is C24H24O4S. The molecule has 0 bridgehead atoms. The highest BCUT2D eigenvalue weighted by atomic mass is 32.2. The van der Waals surface area contributed by atoms with Crippen LogP contribution in [-0.2, 0) is 30.8 Å². The van der Waals surface area contributed by atoms with Gasteiger partial charge in [-0.3, -0.25) is 4.21 Å². The first-order valence-corrected chi connectivity index (χ1v) is 10.6. The van der Waals surface area contributed by atoms with Crippen molar-refractivity contribution in [2.45, 2.75) is 24.5 Å². The molecule has 1 unspecified atom stereocenters. The number of carbonyl (C=O) groups excluding carboxylic acids is 1. The maximum Gasteiger partial charge on any atom is 0.341 e. The zero-order valence-electron chi connectivity index (χ0n) is 17.0. The van der Waals surface area contributed by atoms with E-state index in [0.29, 0.717) is 21.8 Å². The van der Waals surface area contributed by atoms with Gasteiger partial charge in [-0.05, 0) is 53.4 Å². The molecule has 0 aliphatic rings. The lowest BCUT2D eigenvalue weighted by Crippen LogP contribution is -2.05. The predicted octanol–water partition coefficient (Wildman–Crippen LogP) is 4.92. The molecule has 0 N–H and O–H groups in total. The first kappa shape index (κ1) is 20.8. The molecule has 0 saturated heterocycles. The van der Waals surface area contributed by atoms with Crippen molar-refractivity contribution in [1.29, 1.82) is 0 Å². The molecule has 3 aromatic carbocycles. The van der Waals surface area contributed by atoms with Gasteiger partial charge >= 0.3 is 5.97 Å². The van der Waals surface area contributed by atoms with Gasteiger partial charge in [0.25, 0.3) is 0 Å². The van der Waals surface area contributed by atoms with Crippen LogP contribution in [0.25, 0.3) is 16.3 Å². The van der Waals surface area contributed by atoms with Crippen LogP contribution in [0.5, 0.6) is 0 Å². The van der Waals surface area contributed by atoms with Crippen LogP contribution in [0.15, 0.2) is 65.8 Å². The van der Waals surface area contributed by atoms with Gasteiger partial charge < -0.3 is 9.47 Å². The van der Waals surface area contributed by atoms with E-state index in [4.69, 9.17) is 9.47 Å². The van der Waals surface area contributed by atoms with Gasteiger partial charge in [0.15, 0.2) is 0 Å². The van der Waals surface area contributed by atoms with Crippen LogP contribution in [0.3, 0.4) is 0 Å². The number of aryl methyl sites for hydroxylation is 2. The number of hydrogen-bond acceptors (Lipinski definition) is 4. The molecule has 150 valence electrons. The Balaban J connectivity index is 2.05. The lowest BCUT2D eigenvalue weighted by atomic mass is 9.99. The van der Waals surface area contributed by atoms with Gasteiger partial charge in [0.2, 0.25) is 0 Å². The second-order valence-electron chi connectivity index (χ2n) is 6.87. The Kier molecular flexibility index (Phi) is 6.49. The molecule has 0 spiro atoms. The Morgan fingerprint density at radius 1 is 1.03 bits per heavy atom. The van der Waals surface area contributed by atoms with E-state index in [2.05, 4.69) is 18.2 Å². The third-order valence-corrected chi connectivity index (χ3v) is 6.19. The molecule has 0 amide bonds. The summed E-state index contributed by atoms with van der Waals surface area (Å²) < 4.78 is 23.1. The van der Waals surface area contributed by atoms with Gasteiger partial charge in [0, 0.05) is 4.90 Å². The number of carbonyl (C=O) groups is 1. The highest BCUT2D eigenvalue weighted by Gasteiger charge is 2.17. The highest BCUT2D eigenvalue weighted by molar-refractivity contribution is 7.84. The average Bonchev–Trinajstić information content (AvgIpc) is 2.73. The summed E-state index contributed by atoms with van der Waals surface area (Å²) in [4.78, 5) is 13.0. The number of fused-ring (bicyclic) bond motifs is 1. The Morgan fingerprint density at radius 2 is 1.83 bits per heavy atom. The lowest BCUT2D eigenvalue weighted by molar-refractivity contribution is -0.133. The van der Waals surface area contributed by atoms with Crippen molar-refractivity contribution < 1.29 is 18.5 Å². The van der Waals surface area contributed by atoms with Crippen LogP contribution in [0, 0.1) is 13.8 Å². The van der Waals surface area contributed by atoms with Crippen molar-refractivity contribution in [2.24, 2.45) is 0 Å². The number of ether oxygens (including phenoxy) is 2. The molecule has 0 radical (unpaired) electrons. The summed E-state index contributed by atoms with van der Waals surface area (Å²) in [5.41, 5.74) is 4.35. The minimum atomic E-state index is -1.21. The Morgan fingerprint density at radius 3 is 2.55 bits per heavy atom. The smallest absolute Gasteiger partial charge is 0.341 e. The maximum absolute atomic E-state index is 13.1. The number of esters is 1. The van der Waals surface area contributed by atoms with E-state index >= 15 is 0 Å². The molecular weight excluding hydrogens is 384 g/mol. The van der Waals surface area contributed by atoms with Crippen molar-refractivity contribution in [2.75, 3.05) is 14.2 Å². The van der Waals surface area contributed by atoms with Crippen LogP contribution in [0.1, 0.15) is 22.3 Å².